The molecule has 68 valence electrons. The predicted molar refractivity (Wildman–Crippen MR) is 58.8 cm³/mol. The van der Waals surface area contributed by atoms with Gasteiger partial charge in [0.05, 0.1) is 0 Å². The van der Waals surface area contributed by atoms with Gasteiger partial charge in [-0.1, -0.05) is 24.3 Å². The minimum absolute atomic E-state index is 0.647. The van der Waals surface area contributed by atoms with Gasteiger partial charge in [0.25, 0.3) is 0 Å². The summed E-state index contributed by atoms with van der Waals surface area (Å²) in [6.07, 6.45) is 3.29. The molecule has 0 fully saturated rings. The first kappa shape index (κ1) is 8.85. The molecule has 0 unspecified atom stereocenters. The van der Waals surface area contributed by atoms with E-state index in [0.29, 0.717) is 6.54 Å². The molecule has 0 saturated carbocycles. The van der Waals surface area contributed by atoms with E-state index in [1.807, 2.05) is 11.8 Å². The summed E-state index contributed by atoms with van der Waals surface area (Å²) in [5.41, 5.74) is 8.33. The zero-order valence-corrected chi connectivity index (χ0v) is 8.31. The zero-order valence-electron chi connectivity index (χ0n) is 7.49. The highest BCUT2D eigenvalue weighted by molar-refractivity contribution is 7.99. The van der Waals surface area contributed by atoms with Gasteiger partial charge in [-0.2, -0.15) is 0 Å². The van der Waals surface area contributed by atoms with Crippen molar-refractivity contribution in [3.05, 3.63) is 35.9 Å². The van der Waals surface area contributed by atoms with Crippen LogP contribution < -0.4 is 5.73 Å². The Morgan fingerprint density at radius 2 is 2.23 bits per heavy atom. The predicted octanol–water partition coefficient (Wildman–Crippen LogP) is 2.52. The first-order valence-corrected chi connectivity index (χ1v) is 5.51. The molecule has 2 heteroatoms. The molecular formula is C11H13NS. The highest BCUT2D eigenvalue weighted by Gasteiger charge is 2.12. The van der Waals surface area contributed by atoms with E-state index in [1.165, 1.54) is 21.8 Å². The fourth-order valence-electron chi connectivity index (χ4n) is 1.62. The Hall–Kier alpha value is -0.730. The largest absolute Gasteiger partial charge is 0.327 e. The van der Waals surface area contributed by atoms with Gasteiger partial charge >= 0.3 is 0 Å². The number of nitrogens with two attached hydrogens (primary N) is 1. The van der Waals surface area contributed by atoms with E-state index in [1.54, 1.807) is 0 Å². The molecule has 0 aliphatic carbocycles. The van der Waals surface area contributed by atoms with Crippen molar-refractivity contribution < 1.29 is 0 Å². The Bertz CT molecular complexity index is 331. The maximum absolute atomic E-state index is 5.53. The summed E-state index contributed by atoms with van der Waals surface area (Å²) in [6.45, 7) is 0.647. The van der Waals surface area contributed by atoms with Gasteiger partial charge in [-0.15, -0.1) is 11.8 Å². The van der Waals surface area contributed by atoms with Crippen molar-refractivity contribution in [1.29, 1.82) is 0 Å². The second-order valence-corrected chi connectivity index (χ2v) is 4.20. The average molecular weight is 191 g/mol. The van der Waals surface area contributed by atoms with Gasteiger partial charge in [-0.05, 0) is 23.6 Å². The van der Waals surface area contributed by atoms with Crippen LogP contribution in [0.2, 0.25) is 0 Å². The Labute approximate surface area is 83.0 Å². The van der Waals surface area contributed by atoms with Gasteiger partial charge < -0.3 is 5.73 Å². The molecule has 0 spiro atoms. The zero-order chi connectivity index (χ0) is 9.10. The highest BCUT2D eigenvalue weighted by atomic mass is 32.2. The van der Waals surface area contributed by atoms with Gasteiger partial charge in [-0.25, -0.2) is 0 Å². The van der Waals surface area contributed by atoms with Crippen LogP contribution in [0.15, 0.2) is 35.2 Å². The van der Waals surface area contributed by atoms with Crippen LogP contribution in [-0.4, -0.2) is 12.3 Å². The van der Waals surface area contributed by atoms with Gasteiger partial charge in [0.2, 0.25) is 0 Å². The Morgan fingerprint density at radius 1 is 1.38 bits per heavy atom. The lowest BCUT2D eigenvalue weighted by Crippen LogP contribution is -2.01. The molecule has 0 bridgehead atoms. The summed E-state index contributed by atoms with van der Waals surface area (Å²) < 4.78 is 0. The molecule has 1 aromatic rings. The molecule has 0 saturated heterocycles. The summed E-state index contributed by atoms with van der Waals surface area (Å²) in [7, 11) is 0. The van der Waals surface area contributed by atoms with Gasteiger partial charge in [0, 0.05) is 17.2 Å². The van der Waals surface area contributed by atoms with Crippen LogP contribution in [0.3, 0.4) is 0 Å². The van der Waals surface area contributed by atoms with Crippen molar-refractivity contribution >= 4 is 17.3 Å². The Balaban J connectivity index is 2.42. The molecule has 1 aromatic carbocycles. The highest BCUT2D eigenvalue weighted by Crippen LogP contribution is 2.36. The van der Waals surface area contributed by atoms with Crippen LogP contribution in [-0.2, 0) is 0 Å². The molecule has 1 aliphatic heterocycles. The quantitative estimate of drug-likeness (QED) is 0.738. The third-order valence-corrected chi connectivity index (χ3v) is 3.30. The lowest BCUT2D eigenvalue weighted by atomic mass is 10.0. The van der Waals surface area contributed by atoms with E-state index in [9.17, 15) is 0 Å². The second-order valence-electron chi connectivity index (χ2n) is 3.06. The average Bonchev–Trinajstić information content (AvgIpc) is 2.19. The fraction of sp³-hybridized carbons (Fsp3) is 0.273. The van der Waals surface area contributed by atoms with Crippen molar-refractivity contribution in [2.45, 2.75) is 11.3 Å². The number of hydrogen-bond acceptors (Lipinski definition) is 2. The lowest BCUT2D eigenvalue weighted by molar-refractivity contribution is 1.16. The molecule has 0 amide bonds. The van der Waals surface area contributed by atoms with E-state index in [2.05, 4.69) is 30.3 Å². The third kappa shape index (κ3) is 1.79. The summed E-state index contributed by atoms with van der Waals surface area (Å²) in [5, 5.41) is 0. The number of rotatable bonds is 1. The Kier molecular flexibility index (Phi) is 2.71. The molecule has 0 radical (unpaired) electrons. The molecule has 2 N–H and O–H groups in total. The van der Waals surface area contributed by atoms with Gasteiger partial charge in [-0.3, -0.25) is 0 Å². The molecule has 1 heterocycles. The van der Waals surface area contributed by atoms with E-state index in [-0.39, 0.29) is 0 Å². The first-order chi connectivity index (χ1) is 6.42. The SMILES string of the molecule is NCC=C1CCSc2ccccc21. The number of thioether (sulfide) groups is 1. The molecule has 1 aliphatic rings. The molecular weight excluding hydrogens is 178 g/mol. The standard InChI is InChI=1S/C11H13NS/c12-7-5-9-6-8-13-11-4-2-1-3-10(9)11/h1-5H,6-8,12H2. The Morgan fingerprint density at radius 3 is 3.08 bits per heavy atom. The van der Waals surface area contributed by atoms with Crippen LogP contribution in [0.4, 0.5) is 0 Å². The monoisotopic (exact) mass is 191 g/mol. The number of fused-ring (bicyclic) bond motifs is 1. The maximum atomic E-state index is 5.53. The summed E-state index contributed by atoms with van der Waals surface area (Å²) in [5.74, 6) is 1.18. The smallest absolute Gasteiger partial charge is 0.0147 e. The first-order valence-electron chi connectivity index (χ1n) is 4.53. The molecule has 0 atom stereocenters. The molecule has 13 heavy (non-hydrogen) atoms. The number of hydrogen-bond donors (Lipinski definition) is 1. The van der Waals surface area contributed by atoms with Crippen molar-refractivity contribution in [3.8, 4) is 0 Å². The minimum atomic E-state index is 0.647. The fourth-order valence-corrected chi connectivity index (χ4v) is 2.69. The maximum Gasteiger partial charge on any atom is 0.0147 e. The summed E-state index contributed by atoms with van der Waals surface area (Å²) in [4.78, 5) is 1.40. The van der Waals surface area contributed by atoms with Gasteiger partial charge in [0.15, 0.2) is 0 Å². The van der Waals surface area contributed by atoms with Gasteiger partial charge in [0.1, 0.15) is 0 Å². The van der Waals surface area contributed by atoms with Crippen molar-refractivity contribution in [3.63, 3.8) is 0 Å². The molecule has 1 nitrogen and oxygen atoms in total. The number of allylic oxidation sites excluding steroid dienone is 1. The summed E-state index contributed by atoms with van der Waals surface area (Å²) >= 11 is 1.94. The van der Waals surface area contributed by atoms with Crippen LogP contribution in [0.5, 0.6) is 0 Å². The third-order valence-electron chi connectivity index (χ3n) is 2.23. The van der Waals surface area contributed by atoms with E-state index in [0.717, 1.165) is 6.42 Å². The van der Waals surface area contributed by atoms with Crippen molar-refractivity contribution in [2.24, 2.45) is 5.73 Å². The van der Waals surface area contributed by atoms with Crippen molar-refractivity contribution in [1.82, 2.24) is 0 Å². The van der Waals surface area contributed by atoms with Crippen molar-refractivity contribution in [2.75, 3.05) is 12.3 Å². The second kappa shape index (κ2) is 3.99. The molecule has 0 aromatic heterocycles. The summed E-state index contributed by atoms with van der Waals surface area (Å²) in [6, 6.07) is 8.55. The van der Waals surface area contributed by atoms with Crippen LogP contribution in [0.25, 0.3) is 5.57 Å². The lowest BCUT2D eigenvalue weighted by Gasteiger charge is -2.17. The van der Waals surface area contributed by atoms with E-state index >= 15 is 0 Å². The molecule has 2 rings (SSSR count). The van der Waals surface area contributed by atoms with E-state index < -0.39 is 0 Å². The van der Waals surface area contributed by atoms with Crippen LogP contribution in [0, 0.1) is 0 Å². The normalized spacial score (nSPS) is 18.7. The van der Waals surface area contributed by atoms with Crippen LogP contribution >= 0.6 is 11.8 Å². The number of benzene rings is 1. The topological polar surface area (TPSA) is 26.0 Å². The minimum Gasteiger partial charge on any atom is -0.327 e. The van der Waals surface area contributed by atoms with Crippen LogP contribution in [0.1, 0.15) is 12.0 Å². The van der Waals surface area contributed by atoms with E-state index in [4.69, 9.17) is 5.73 Å².